The molecular formula is C10H20O2S. The van der Waals surface area contributed by atoms with Gasteiger partial charge in [0.15, 0.2) is 5.44 Å². The third-order valence-corrected chi connectivity index (χ3v) is 4.24. The number of epoxide rings is 1. The summed E-state index contributed by atoms with van der Waals surface area (Å²) in [7, 11) is -0.834. The van der Waals surface area contributed by atoms with E-state index in [4.69, 9.17) is 4.74 Å². The van der Waals surface area contributed by atoms with Crippen LogP contribution in [0.2, 0.25) is 0 Å². The summed E-state index contributed by atoms with van der Waals surface area (Å²) in [6.45, 7) is 8.17. The molecule has 1 aliphatic heterocycles. The fourth-order valence-corrected chi connectivity index (χ4v) is 2.63. The van der Waals surface area contributed by atoms with E-state index in [2.05, 4.69) is 6.92 Å². The molecule has 13 heavy (non-hydrogen) atoms. The predicted molar refractivity (Wildman–Crippen MR) is 56.1 cm³/mol. The van der Waals surface area contributed by atoms with Crippen molar-refractivity contribution in [1.82, 2.24) is 0 Å². The normalized spacial score (nSPS) is 30.2. The minimum atomic E-state index is -0.834. The molecule has 78 valence electrons. The maximum absolute atomic E-state index is 11.8. The average Bonchev–Trinajstić information content (AvgIpc) is 2.76. The summed E-state index contributed by atoms with van der Waals surface area (Å²) >= 11 is 0. The minimum absolute atomic E-state index is 0.0200. The zero-order chi connectivity index (χ0) is 10.1. The van der Waals surface area contributed by atoms with Crippen LogP contribution in [0.3, 0.4) is 0 Å². The second-order valence-electron chi connectivity index (χ2n) is 4.59. The number of unbranched alkanes of at least 4 members (excludes halogenated alkanes) is 1. The van der Waals surface area contributed by atoms with Crippen molar-refractivity contribution in [2.24, 2.45) is 0 Å². The highest BCUT2D eigenvalue weighted by molar-refractivity contribution is 7.87. The van der Waals surface area contributed by atoms with Gasteiger partial charge < -0.3 is 4.74 Å². The van der Waals surface area contributed by atoms with Crippen molar-refractivity contribution in [1.29, 1.82) is 0 Å². The quantitative estimate of drug-likeness (QED) is 0.658. The van der Waals surface area contributed by atoms with Crippen LogP contribution in [0.25, 0.3) is 0 Å². The molecule has 1 unspecified atom stereocenters. The number of hydrogen-bond donors (Lipinski definition) is 0. The molecule has 3 atom stereocenters. The van der Waals surface area contributed by atoms with Crippen LogP contribution < -0.4 is 0 Å². The van der Waals surface area contributed by atoms with Crippen LogP contribution >= 0.6 is 0 Å². The van der Waals surface area contributed by atoms with Gasteiger partial charge in [0.1, 0.15) is 0 Å². The lowest BCUT2D eigenvalue weighted by molar-refractivity contribution is 0.381. The number of ether oxygens (including phenoxy) is 1. The molecule has 0 aromatic rings. The third kappa shape index (κ3) is 3.06. The maximum atomic E-state index is 11.8. The Morgan fingerprint density at radius 2 is 2.00 bits per heavy atom. The van der Waals surface area contributed by atoms with E-state index in [1.165, 1.54) is 12.8 Å². The Morgan fingerprint density at radius 1 is 1.38 bits per heavy atom. The van der Waals surface area contributed by atoms with Crippen molar-refractivity contribution < 1.29 is 8.95 Å². The van der Waals surface area contributed by atoms with E-state index in [0.717, 1.165) is 6.42 Å². The van der Waals surface area contributed by atoms with Crippen LogP contribution in [-0.2, 0) is 15.5 Å². The van der Waals surface area contributed by atoms with Crippen LogP contribution in [0.4, 0.5) is 0 Å². The molecule has 1 aliphatic rings. The molecule has 0 bridgehead atoms. The van der Waals surface area contributed by atoms with Crippen LogP contribution in [0.1, 0.15) is 47.0 Å². The van der Waals surface area contributed by atoms with Gasteiger partial charge in [-0.1, -0.05) is 19.8 Å². The van der Waals surface area contributed by atoms with E-state index >= 15 is 0 Å². The molecule has 2 nitrogen and oxygen atoms in total. The van der Waals surface area contributed by atoms with Crippen molar-refractivity contribution in [2.45, 2.75) is 63.2 Å². The predicted octanol–water partition coefficient (Wildman–Crippen LogP) is 2.45. The van der Waals surface area contributed by atoms with E-state index in [1.54, 1.807) is 0 Å². The summed E-state index contributed by atoms with van der Waals surface area (Å²) in [4.78, 5) is 0. The highest BCUT2D eigenvalue weighted by Gasteiger charge is 2.46. The minimum Gasteiger partial charge on any atom is -0.355 e. The second-order valence-corrected chi connectivity index (χ2v) is 6.88. The highest BCUT2D eigenvalue weighted by atomic mass is 32.2. The summed E-state index contributed by atoms with van der Waals surface area (Å²) in [5.41, 5.74) is 0.0200. The highest BCUT2D eigenvalue weighted by Crippen LogP contribution is 2.34. The van der Waals surface area contributed by atoms with Gasteiger partial charge in [-0.3, -0.25) is 4.21 Å². The van der Waals surface area contributed by atoms with Gasteiger partial charge in [0.05, 0.1) is 16.9 Å². The Morgan fingerprint density at radius 3 is 2.46 bits per heavy atom. The first kappa shape index (κ1) is 11.2. The van der Waals surface area contributed by atoms with Crippen LogP contribution in [0.15, 0.2) is 0 Å². The second kappa shape index (κ2) is 4.09. The molecule has 0 N–H and O–H groups in total. The van der Waals surface area contributed by atoms with E-state index < -0.39 is 10.8 Å². The van der Waals surface area contributed by atoms with Gasteiger partial charge in [-0.2, -0.15) is 0 Å². The molecule has 0 spiro atoms. The lowest BCUT2D eigenvalue weighted by atomic mass is 10.2. The third-order valence-electron chi connectivity index (χ3n) is 2.19. The standard InChI is InChI=1S/C10H20O2S/c1-5-6-7-8-9(12-8)13(11)10(2,3)4/h8-9H,5-7H2,1-4H3/t8-,9+,13?/m0/s1. The van der Waals surface area contributed by atoms with Gasteiger partial charge in [0.2, 0.25) is 0 Å². The maximum Gasteiger partial charge on any atom is 0.159 e. The molecular weight excluding hydrogens is 184 g/mol. The first-order valence-electron chi connectivity index (χ1n) is 5.03. The van der Waals surface area contributed by atoms with E-state index in [-0.39, 0.29) is 16.3 Å². The molecule has 1 rings (SSSR count). The van der Waals surface area contributed by atoms with Crippen molar-refractivity contribution in [3.8, 4) is 0 Å². The Hall–Kier alpha value is 0.110. The lowest BCUT2D eigenvalue weighted by Crippen LogP contribution is -2.26. The Kier molecular flexibility index (Phi) is 3.52. The van der Waals surface area contributed by atoms with Crippen molar-refractivity contribution in [2.75, 3.05) is 0 Å². The van der Waals surface area contributed by atoms with E-state index in [0.29, 0.717) is 0 Å². The fraction of sp³-hybridized carbons (Fsp3) is 1.00. The fourth-order valence-electron chi connectivity index (χ4n) is 1.27. The Bertz CT molecular complexity index is 196. The Balaban J connectivity index is 2.30. The van der Waals surface area contributed by atoms with Gasteiger partial charge in [-0.05, 0) is 27.2 Å². The van der Waals surface area contributed by atoms with Crippen molar-refractivity contribution >= 4 is 10.8 Å². The molecule has 0 aromatic carbocycles. The van der Waals surface area contributed by atoms with Gasteiger partial charge >= 0.3 is 0 Å². The largest absolute Gasteiger partial charge is 0.355 e. The average molecular weight is 204 g/mol. The first-order chi connectivity index (χ1) is 5.96. The topological polar surface area (TPSA) is 29.6 Å². The zero-order valence-corrected chi connectivity index (χ0v) is 9.82. The van der Waals surface area contributed by atoms with Gasteiger partial charge in [0.25, 0.3) is 0 Å². The lowest BCUT2D eigenvalue weighted by Gasteiger charge is -2.15. The molecule has 0 radical (unpaired) electrons. The van der Waals surface area contributed by atoms with E-state index in [1.807, 2.05) is 20.8 Å². The van der Waals surface area contributed by atoms with Crippen LogP contribution in [0.5, 0.6) is 0 Å². The van der Waals surface area contributed by atoms with E-state index in [9.17, 15) is 4.21 Å². The summed E-state index contributed by atoms with van der Waals surface area (Å²) < 4.78 is 17.1. The smallest absolute Gasteiger partial charge is 0.159 e. The molecule has 0 aromatic heterocycles. The number of rotatable bonds is 4. The monoisotopic (exact) mass is 204 g/mol. The van der Waals surface area contributed by atoms with Gasteiger partial charge in [-0.25, -0.2) is 0 Å². The molecule has 0 saturated carbocycles. The van der Waals surface area contributed by atoms with Gasteiger partial charge in [-0.15, -0.1) is 0 Å². The summed E-state index contributed by atoms with van der Waals surface area (Å²) in [5.74, 6) is 0. The van der Waals surface area contributed by atoms with Crippen LogP contribution in [0, 0.1) is 0 Å². The SMILES string of the molecule is CCCC[C@@H]1O[C@@H]1S(=O)C(C)(C)C. The molecule has 3 heteroatoms. The molecule has 1 fully saturated rings. The number of hydrogen-bond acceptors (Lipinski definition) is 2. The van der Waals surface area contributed by atoms with Crippen LogP contribution in [-0.4, -0.2) is 20.5 Å². The van der Waals surface area contributed by atoms with Crippen molar-refractivity contribution in [3.05, 3.63) is 0 Å². The summed E-state index contributed by atoms with van der Waals surface area (Å²) in [5, 5.41) is 0. The zero-order valence-electron chi connectivity index (χ0n) is 9.00. The molecule has 0 aliphatic carbocycles. The van der Waals surface area contributed by atoms with Crippen molar-refractivity contribution in [3.63, 3.8) is 0 Å². The summed E-state index contributed by atoms with van der Waals surface area (Å²) in [6, 6.07) is 0. The first-order valence-corrected chi connectivity index (χ1v) is 6.24. The molecule has 1 heterocycles. The molecule has 0 amide bonds. The summed E-state index contributed by atoms with van der Waals surface area (Å²) in [6.07, 6.45) is 3.72. The molecule has 1 saturated heterocycles. The van der Waals surface area contributed by atoms with Gasteiger partial charge in [0, 0.05) is 4.75 Å². The Labute approximate surface area is 83.5 Å².